The van der Waals surface area contributed by atoms with E-state index >= 15 is 0 Å². The molecule has 1 aliphatic rings. The molecule has 0 radical (unpaired) electrons. The molecule has 2 N–H and O–H groups in total. The second-order valence-electron chi connectivity index (χ2n) is 4.81. The number of aromatic nitrogens is 3. The van der Waals surface area contributed by atoms with Crippen molar-refractivity contribution in [1.82, 2.24) is 19.9 Å². The van der Waals surface area contributed by atoms with Crippen molar-refractivity contribution in [3.63, 3.8) is 0 Å². The topological polar surface area (TPSA) is 95.5 Å². The maximum absolute atomic E-state index is 12.5. The van der Waals surface area contributed by atoms with Crippen LogP contribution in [0.3, 0.4) is 0 Å². The molecule has 1 aromatic carbocycles. The number of anilines is 1. The van der Waals surface area contributed by atoms with Crippen LogP contribution in [0.15, 0.2) is 24.3 Å². The summed E-state index contributed by atoms with van der Waals surface area (Å²) in [4.78, 5) is 14.1. The fourth-order valence-electron chi connectivity index (χ4n) is 2.34. The van der Waals surface area contributed by atoms with Crippen LogP contribution in [0.4, 0.5) is 5.82 Å². The number of nitrogens with zero attached hydrogens (tertiary/aromatic N) is 4. The van der Waals surface area contributed by atoms with Crippen LogP contribution in [0.5, 0.6) is 5.75 Å². The third-order valence-corrected chi connectivity index (χ3v) is 3.52. The molecule has 0 atom stereocenters. The van der Waals surface area contributed by atoms with Gasteiger partial charge >= 0.3 is 0 Å². The third kappa shape index (κ3) is 2.48. The van der Waals surface area contributed by atoms with E-state index in [4.69, 9.17) is 15.2 Å². The second kappa shape index (κ2) is 6.02. The SMILES string of the molecule is COc1ccccc1-n1nnc(C(=O)N2CCOCC2)c1N. The lowest BCUT2D eigenvalue weighted by Crippen LogP contribution is -2.41. The van der Waals surface area contributed by atoms with E-state index in [2.05, 4.69) is 10.3 Å². The van der Waals surface area contributed by atoms with Crippen molar-refractivity contribution in [3.8, 4) is 11.4 Å². The molecule has 1 aromatic heterocycles. The highest BCUT2D eigenvalue weighted by atomic mass is 16.5. The Kier molecular flexibility index (Phi) is 3.92. The monoisotopic (exact) mass is 303 g/mol. The summed E-state index contributed by atoms with van der Waals surface area (Å²) in [6, 6.07) is 7.27. The molecule has 1 amide bonds. The minimum Gasteiger partial charge on any atom is -0.494 e. The first-order chi connectivity index (χ1) is 10.7. The summed E-state index contributed by atoms with van der Waals surface area (Å²) in [5.74, 6) is 0.562. The van der Waals surface area contributed by atoms with Crippen LogP contribution < -0.4 is 10.5 Å². The van der Waals surface area contributed by atoms with Gasteiger partial charge in [0.25, 0.3) is 5.91 Å². The van der Waals surface area contributed by atoms with Crippen molar-refractivity contribution in [1.29, 1.82) is 0 Å². The van der Waals surface area contributed by atoms with E-state index < -0.39 is 0 Å². The lowest BCUT2D eigenvalue weighted by molar-refractivity contribution is 0.0299. The molecule has 1 saturated heterocycles. The number of carbonyl (C=O) groups is 1. The van der Waals surface area contributed by atoms with Crippen LogP contribution in [-0.4, -0.2) is 59.2 Å². The lowest BCUT2D eigenvalue weighted by Gasteiger charge is -2.26. The summed E-state index contributed by atoms with van der Waals surface area (Å²) >= 11 is 0. The largest absolute Gasteiger partial charge is 0.494 e. The van der Waals surface area contributed by atoms with E-state index in [0.717, 1.165) is 0 Å². The summed E-state index contributed by atoms with van der Waals surface area (Å²) in [5.41, 5.74) is 6.85. The fraction of sp³-hybridized carbons (Fsp3) is 0.357. The Bertz CT molecular complexity index is 679. The van der Waals surface area contributed by atoms with Crippen molar-refractivity contribution in [3.05, 3.63) is 30.0 Å². The maximum Gasteiger partial charge on any atom is 0.278 e. The van der Waals surface area contributed by atoms with Crippen molar-refractivity contribution < 1.29 is 14.3 Å². The Morgan fingerprint density at radius 1 is 1.32 bits per heavy atom. The standard InChI is InChI=1S/C14H17N5O3/c1-21-11-5-3-2-4-10(11)19-13(15)12(16-17-19)14(20)18-6-8-22-9-7-18/h2-5H,6-9,15H2,1H3. The van der Waals surface area contributed by atoms with E-state index in [1.807, 2.05) is 12.1 Å². The van der Waals surface area contributed by atoms with Gasteiger partial charge in [-0.15, -0.1) is 5.10 Å². The molecule has 0 spiro atoms. The Balaban J connectivity index is 1.93. The zero-order valence-corrected chi connectivity index (χ0v) is 12.2. The van der Waals surface area contributed by atoms with Gasteiger partial charge in [0.15, 0.2) is 11.5 Å². The molecule has 1 aliphatic heterocycles. The van der Waals surface area contributed by atoms with Gasteiger partial charge in [-0.25, -0.2) is 0 Å². The minimum atomic E-state index is -0.234. The van der Waals surface area contributed by atoms with Gasteiger partial charge in [-0.05, 0) is 12.1 Å². The molecule has 8 heteroatoms. The average Bonchev–Trinajstić information content (AvgIpc) is 2.96. The van der Waals surface area contributed by atoms with E-state index in [-0.39, 0.29) is 17.4 Å². The molecule has 0 bridgehead atoms. The smallest absolute Gasteiger partial charge is 0.278 e. The normalized spacial score (nSPS) is 14.9. The molecule has 3 rings (SSSR count). The lowest BCUT2D eigenvalue weighted by atomic mass is 10.3. The second-order valence-corrected chi connectivity index (χ2v) is 4.81. The number of carbonyl (C=O) groups excluding carboxylic acids is 1. The molecule has 0 aliphatic carbocycles. The zero-order valence-electron chi connectivity index (χ0n) is 12.2. The summed E-state index contributed by atoms with van der Waals surface area (Å²) in [5, 5.41) is 7.94. The van der Waals surface area contributed by atoms with Crippen LogP contribution in [-0.2, 0) is 4.74 Å². The molecule has 0 saturated carbocycles. The molecule has 2 heterocycles. The van der Waals surface area contributed by atoms with Crippen LogP contribution in [0.25, 0.3) is 5.69 Å². The highest BCUT2D eigenvalue weighted by Gasteiger charge is 2.25. The van der Waals surface area contributed by atoms with Crippen LogP contribution >= 0.6 is 0 Å². The predicted octanol–water partition coefficient (Wildman–Crippen LogP) is 0.330. The highest BCUT2D eigenvalue weighted by Crippen LogP contribution is 2.25. The Labute approximate surface area is 127 Å². The van der Waals surface area contributed by atoms with Crippen molar-refractivity contribution >= 4 is 11.7 Å². The number of nitrogens with two attached hydrogens (primary N) is 1. The first-order valence-electron chi connectivity index (χ1n) is 6.94. The Hall–Kier alpha value is -2.61. The molecule has 2 aromatic rings. The number of amides is 1. The number of hydrogen-bond donors (Lipinski definition) is 1. The minimum absolute atomic E-state index is 0.146. The Morgan fingerprint density at radius 3 is 2.77 bits per heavy atom. The predicted molar refractivity (Wildman–Crippen MR) is 79.0 cm³/mol. The van der Waals surface area contributed by atoms with Crippen LogP contribution in [0.1, 0.15) is 10.5 Å². The van der Waals surface area contributed by atoms with Gasteiger partial charge in [0.05, 0.1) is 20.3 Å². The van der Waals surface area contributed by atoms with Gasteiger partial charge in [-0.2, -0.15) is 4.68 Å². The molecule has 8 nitrogen and oxygen atoms in total. The van der Waals surface area contributed by atoms with Gasteiger partial charge < -0.3 is 20.1 Å². The van der Waals surface area contributed by atoms with Gasteiger partial charge in [0, 0.05) is 13.1 Å². The zero-order chi connectivity index (χ0) is 15.5. The number of morpholine rings is 1. The molecule has 1 fully saturated rings. The first-order valence-corrected chi connectivity index (χ1v) is 6.94. The number of benzene rings is 1. The molecular weight excluding hydrogens is 286 g/mol. The number of ether oxygens (including phenoxy) is 2. The molecule has 116 valence electrons. The third-order valence-electron chi connectivity index (χ3n) is 3.52. The quantitative estimate of drug-likeness (QED) is 0.878. The van der Waals surface area contributed by atoms with E-state index in [1.54, 1.807) is 24.1 Å². The Morgan fingerprint density at radius 2 is 2.05 bits per heavy atom. The van der Waals surface area contributed by atoms with E-state index in [0.29, 0.717) is 37.7 Å². The molecular formula is C14H17N5O3. The van der Waals surface area contributed by atoms with Gasteiger partial charge in [-0.1, -0.05) is 17.3 Å². The van der Waals surface area contributed by atoms with Crippen molar-refractivity contribution in [2.75, 3.05) is 39.1 Å². The van der Waals surface area contributed by atoms with Crippen molar-refractivity contribution in [2.24, 2.45) is 0 Å². The average molecular weight is 303 g/mol. The number of para-hydroxylation sites is 2. The van der Waals surface area contributed by atoms with Gasteiger partial charge in [0.2, 0.25) is 0 Å². The van der Waals surface area contributed by atoms with Crippen LogP contribution in [0, 0.1) is 0 Å². The number of rotatable bonds is 3. The summed E-state index contributed by atoms with van der Waals surface area (Å²) in [6.07, 6.45) is 0. The first kappa shape index (κ1) is 14.3. The van der Waals surface area contributed by atoms with Gasteiger partial charge in [0.1, 0.15) is 11.4 Å². The summed E-state index contributed by atoms with van der Waals surface area (Å²) in [6.45, 7) is 2.10. The number of hydrogen-bond acceptors (Lipinski definition) is 6. The van der Waals surface area contributed by atoms with Gasteiger partial charge in [-0.3, -0.25) is 4.79 Å². The molecule has 0 unspecified atom stereocenters. The van der Waals surface area contributed by atoms with E-state index in [9.17, 15) is 4.79 Å². The summed E-state index contributed by atoms with van der Waals surface area (Å²) < 4.78 is 11.9. The number of methoxy groups -OCH3 is 1. The van der Waals surface area contributed by atoms with E-state index in [1.165, 1.54) is 4.68 Å². The molecule has 22 heavy (non-hydrogen) atoms. The van der Waals surface area contributed by atoms with Crippen molar-refractivity contribution in [2.45, 2.75) is 0 Å². The highest BCUT2D eigenvalue weighted by molar-refractivity contribution is 5.96. The summed E-state index contributed by atoms with van der Waals surface area (Å²) in [7, 11) is 1.56. The maximum atomic E-state index is 12.5. The fourth-order valence-corrected chi connectivity index (χ4v) is 2.34. The van der Waals surface area contributed by atoms with Crippen LogP contribution in [0.2, 0.25) is 0 Å². The number of nitrogen functional groups attached to an aromatic ring is 1.